The summed E-state index contributed by atoms with van der Waals surface area (Å²) >= 11 is 0. The molecule has 1 aromatic heterocycles. The van der Waals surface area contributed by atoms with Crippen LogP contribution in [-0.4, -0.2) is 30.2 Å². The van der Waals surface area contributed by atoms with Crippen molar-refractivity contribution >= 4 is 23.3 Å². The van der Waals surface area contributed by atoms with Gasteiger partial charge in [0.25, 0.3) is 0 Å². The van der Waals surface area contributed by atoms with Crippen molar-refractivity contribution in [1.29, 1.82) is 0 Å². The third-order valence-corrected chi connectivity index (χ3v) is 4.09. The van der Waals surface area contributed by atoms with Crippen LogP contribution in [0.5, 0.6) is 5.75 Å². The molecule has 3 rings (SSSR count). The van der Waals surface area contributed by atoms with Gasteiger partial charge in [-0.15, -0.1) is 0 Å². The summed E-state index contributed by atoms with van der Waals surface area (Å²) in [6, 6.07) is 16.7. The molecule has 1 heterocycles. The zero-order chi connectivity index (χ0) is 19.9. The molecule has 0 aliphatic heterocycles. The maximum absolute atomic E-state index is 12.0. The zero-order valence-corrected chi connectivity index (χ0v) is 16.0. The number of aromatic nitrogens is 2. The van der Waals surface area contributed by atoms with Gasteiger partial charge in [-0.05, 0) is 25.1 Å². The lowest BCUT2D eigenvalue weighted by molar-refractivity contribution is 0.0602. The van der Waals surface area contributed by atoms with Gasteiger partial charge in [0.2, 0.25) is 0 Å². The van der Waals surface area contributed by atoms with Gasteiger partial charge in [-0.3, -0.25) is 0 Å². The van der Waals surface area contributed by atoms with E-state index in [9.17, 15) is 4.79 Å². The molecule has 0 amide bonds. The van der Waals surface area contributed by atoms with Crippen LogP contribution in [0.4, 0.5) is 17.3 Å². The summed E-state index contributed by atoms with van der Waals surface area (Å²) in [6.07, 6.45) is 0. The van der Waals surface area contributed by atoms with Gasteiger partial charge in [0.1, 0.15) is 23.2 Å². The smallest absolute Gasteiger partial charge is 0.339 e. The molecule has 0 aliphatic rings. The monoisotopic (exact) mass is 378 g/mol. The summed E-state index contributed by atoms with van der Waals surface area (Å²) in [6.45, 7) is 2.37. The highest BCUT2D eigenvalue weighted by atomic mass is 16.5. The topological polar surface area (TPSA) is 85.4 Å². The SMILES string of the molecule is COC(=O)c1ccccc1Nc1cc(NCc2ccccc2OC)nc(C)n1. The maximum atomic E-state index is 12.0. The fraction of sp³-hybridized carbons (Fsp3) is 0.190. The molecule has 2 aromatic carbocycles. The van der Waals surface area contributed by atoms with Gasteiger partial charge in [-0.1, -0.05) is 30.3 Å². The first-order valence-corrected chi connectivity index (χ1v) is 8.76. The van der Waals surface area contributed by atoms with E-state index in [4.69, 9.17) is 9.47 Å². The standard InChI is InChI=1S/C21H22N4O3/c1-14-23-19(22-13-15-8-4-7-11-18(15)27-2)12-20(24-14)25-17-10-6-5-9-16(17)21(26)28-3/h4-12H,13H2,1-3H3,(H2,22,23,24,25). The van der Waals surface area contributed by atoms with E-state index in [0.717, 1.165) is 11.3 Å². The molecule has 0 saturated carbocycles. The van der Waals surface area contributed by atoms with Gasteiger partial charge < -0.3 is 20.1 Å². The number of anilines is 3. The fourth-order valence-electron chi connectivity index (χ4n) is 2.78. The second-order valence-electron chi connectivity index (χ2n) is 6.01. The van der Waals surface area contributed by atoms with E-state index in [1.165, 1.54) is 7.11 Å². The summed E-state index contributed by atoms with van der Waals surface area (Å²) in [7, 11) is 3.00. The maximum Gasteiger partial charge on any atom is 0.339 e. The molecule has 0 saturated heterocycles. The minimum absolute atomic E-state index is 0.414. The second kappa shape index (κ2) is 8.85. The van der Waals surface area contributed by atoms with Crippen LogP contribution in [0.1, 0.15) is 21.7 Å². The fourth-order valence-corrected chi connectivity index (χ4v) is 2.78. The molecule has 2 N–H and O–H groups in total. The average Bonchev–Trinajstić information content (AvgIpc) is 2.72. The number of rotatable bonds is 7. The molecule has 0 spiro atoms. The number of carbonyl (C=O) groups is 1. The predicted octanol–water partition coefficient (Wildman–Crippen LogP) is 3.94. The minimum atomic E-state index is -0.414. The lowest BCUT2D eigenvalue weighted by Gasteiger charge is -2.13. The Balaban J connectivity index is 1.80. The third kappa shape index (κ3) is 4.56. The van der Waals surface area contributed by atoms with Crippen LogP contribution in [0, 0.1) is 6.92 Å². The predicted molar refractivity (Wildman–Crippen MR) is 108 cm³/mol. The van der Waals surface area contributed by atoms with Crippen molar-refractivity contribution < 1.29 is 14.3 Å². The van der Waals surface area contributed by atoms with Crippen LogP contribution in [0.15, 0.2) is 54.6 Å². The van der Waals surface area contributed by atoms with Gasteiger partial charge in [0.15, 0.2) is 0 Å². The summed E-state index contributed by atoms with van der Waals surface area (Å²) in [5, 5.41) is 6.46. The summed E-state index contributed by atoms with van der Waals surface area (Å²) in [5.74, 6) is 2.24. The Hall–Kier alpha value is -3.61. The Labute approximate surface area is 163 Å². The van der Waals surface area contributed by atoms with E-state index in [-0.39, 0.29) is 0 Å². The molecule has 7 heteroatoms. The largest absolute Gasteiger partial charge is 0.496 e. The van der Waals surface area contributed by atoms with Crippen LogP contribution in [0.3, 0.4) is 0 Å². The van der Waals surface area contributed by atoms with E-state index in [1.807, 2.05) is 37.3 Å². The number of aryl methyl sites for hydroxylation is 1. The van der Waals surface area contributed by atoms with Crippen molar-refractivity contribution in [3.05, 3.63) is 71.5 Å². The zero-order valence-electron chi connectivity index (χ0n) is 16.0. The van der Waals surface area contributed by atoms with Crippen molar-refractivity contribution in [3.8, 4) is 5.75 Å². The van der Waals surface area contributed by atoms with E-state index < -0.39 is 5.97 Å². The summed E-state index contributed by atoms with van der Waals surface area (Å²) in [5.41, 5.74) is 2.07. The molecule has 28 heavy (non-hydrogen) atoms. The van der Waals surface area contributed by atoms with Crippen molar-refractivity contribution in [3.63, 3.8) is 0 Å². The Morgan fingerprint density at radius 1 is 1.00 bits per heavy atom. The second-order valence-corrected chi connectivity index (χ2v) is 6.01. The number of esters is 1. The number of hydrogen-bond acceptors (Lipinski definition) is 7. The van der Waals surface area contributed by atoms with E-state index in [1.54, 1.807) is 31.4 Å². The first-order chi connectivity index (χ1) is 13.6. The summed E-state index contributed by atoms with van der Waals surface area (Å²) in [4.78, 5) is 20.8. The van der Waals surface area contributed by atoms with Crippen LogP contribution in [-0.2, 0) is 11.3 Å². The average molecular weight is 378 g/mol. The van der Waals surface area contributed by atoms with Gasteiger partial charge >= 0.3 is 5.97 Å². The molecule has 0 atom stereocenters. The van der Waals surface area contributed by atoms with Gasteiger partial charge in [0.05, 0.1) is 25.5 Å². The highest BCUT2D eigenvalue weighted by molar-refractivity contribution is 5.96. The molecular weight excluding hydrogens is 356 g/mol. The molecule has 7 nitrogen and oxygen atoms in total. The Bertz CT molecular complexity index is 975. The van der Waals surface area contributed by atoms with E-state index in [0.29, 0.717) is 35.3 Å². The number of nitrogens with zero attached hydrogens (tertiary/aromatic N) is 2. The number of benzene rings is 2. The number of carbonyl (C=O) groups excluding carboxylic acids is 1. The number of para-hydroxylation sites is 2. The van der Waals surface area contributed by atoms with Crippen LogP contribution in [0.2, 0.25) is 0 Å². The third-order valence-electron chi connectivity index (χ3n) is 4.09. The molecule has 0 bridgehead atoms. The number of hydrogen-bond donors (Lipinski definition) is 2. The Kier molecular flexibility index (Phi) is 6.06. The van der Waals surface area contributed by atoms with Crippen molar-refractivity contribution in [2.24, 2.45) is 0 Å². The first-order valence-electron chi connectivity index (χ1n) is 8.76. The van der Waals surface area contributed by atoms with Crippen molar-refractivity contribution in [2.75, 3.05) is 24.9 Å². The summed E-state index contributed by atoms with van der Waals surface area (Å²) < 4.78 is 10.2. The Morgan fingerprint density at radius 2 is 1.71 bits per heavy atom. The first kappa shape index (κ1) is 19.2. The van der Waals surface area contributed by atoms with E-state index >= 15 is 0 Å². The number of methoxy groups -OCH3 is 2. The molecule has 144 valence electrons. The van der Waals surface area contributed by atoms with Gasteiger partial charge in [-0.2, -0.15) is 0 Å². The number of ether oxygens (including phenoxy) is 2. The molecule has 0 aliphatic carbocycles. The lowest BCUT2D eigenvalue weighted by Crippen LogP contribution is -2.08. The molecule has 0 unspecified atom stereocenters. The van der Waals surface area contributed by atoms with E-state index in [2.05, 4.69) is 20.6 Å². The quantitative estimate of drug-likeness (QED) is 0.602. The van der Waals surface area contributed by atoms with Crippen LogP contribution >= 0.6 is 0 Å². The van der Waals surface area contributed by atoms with Crippen molar-refractivity contribution in [2.45, 2.75) is 13.5 Å². The normalized spacial score (nSPS) is 10.2. The highest BCUT2D eigenvalue weighted by Gasteiger charge is 2.12. The highest BCUT2D eigenvalue weighted by Crippen LogP contribution is 2.23. The minimum Gasteiger partial charge on any atom is -0.496 e. The van der Waals surface area contributed by atoms with Crippen LogP contribution < -0.4 is 15.4 Å². The van der Waals surface area contributed by atoms with Gasteiger partial charge in [0, 0.05) is 18.2 Å². The Morgan fingerprint density at radius 3 is 2.50 bits per heavy atom. The number of nitrogens with one attached hydrogen (secondary N) is 2. The van der Waals surface area contributed by atoms with Crippen molar-refractivity contribution in [1.82, 2.24) is 9.97 Å². The lowest BCUT2D eigenvalue weighted by atomic mass is 10.2. The molecular formula is C21H22N4O3. The molecule has 3 aromatic rings. The van der Waals surface area contributed by atoms with Crippen LogP contribution in [0.25, 0.3) is 0 Å². The molecule has 0 radical (unpaired) electrons. The van der Waals surface area contributed by atoms with Gasteiger partial charge in [-0.25, -0.2) is 14.8 Å². The molecule has 0 fully saturated rings.